The van der Waals surface area contributed by atoms with E-state index in [1.807, 2.05) is 0 Å². The van der Waals surface area contributed by atoms with Crippen molar-refractivity contribution < 1.29 is 33.3 Å². The van der Waals surface area contributed by atoms with Crippen molar-refractivity contribution in [3.63, 3.8) is 0 Å². The molecule has 7 heteroatoms. The molecule has 0 saturated carbocycles. The number of hydrogen-bond acceptors (Lipinski definition) is 7. The molecule has 1 aromatic carbocycles. The second-order valence-electron chi connectivity index (χ2n) is 4.96. The van der Waals surface area contributed by atoms with Crippen molar-refractivity contribution in [2.45, 2.75) is 12.5 Å². The predicted molar refractivity (Wildman–Crippen MR) is 78.5 cm³/mol. The number of carbonyl (C=O) groups is 2. The molecule has 122 valence electrons. The van der Waals surface area contributed by atoms with Crippen LogP contribution in [0, 0.1) is 0 Å². The number of ether oxygens (including phenoxy) is 5. The van der Waals surface area contributed by atoms with Crippen LogP contribution in [0.3, 0.4) is 0 Å². The SMILES string of the molecule is COc1cc(/C=C/C(=O)O[C@@H]2CCOC2=O)cc2c1OCCO2. The topological polar surface area (TPSA) is 80.3 Å². The third kappa shape index (κ3) is 3.39. The maximum atomic E-state index is 11.8. The van der Waals surface area contributed by atoms with Gasteiger partial charge in [-0.15, -0.1) is 0 Å². The Kier molecular flexibility index (Phi) is 4.36. The average molecular weight is 320 g/mol. The standard InChI is InChI=1S/C16H16O7/c1-19-12-8-10(9-13-15(12)21-7-6-20-13)2-3-14(17)23-11-4-5-22-16(11)18/h2-3,8-9,11H,4-7H2,1H3/b3-2+/t11-/m1/s1. The molecule has 23 heavy (non-hydrogen) atoms. The zero-order valence-electron chi connectivity index (χ0n) is 12.6. The Morgan fingerprint density at radius 2 is 2.04 bits per heavy atom. The summed E-state index contributed by atoms with van der Waals surface area (Å²) in [5.41, 5.74) is 0.692. The molecule has 0 bridgehead atoms. The van der Waals surface area contributed by atoms with Crippen molar-refractivity contribution >= 4 is 18.0 Å². The lowest BCUT2D eigenvalue weighted by Gasteiger charge is -2.20. The van der Waals surface area contributed by atoms with Crippen LogP contribution < -0.4 is 14.2 Å². The molecule has 0 spiro atoms. The zero-order chi connectivity index (χ0) is 16.2. The van der Waals surface area contributed by atoms with Crippen LogP contribution in [0.4, 0.5) is 0 Å². The first-order valence-electron chi connectivity index (χ1n) is 7.20. The number of cyclic esters (lactones) is 1. The lowest BCUT2D eigenvalue weighted by Crippen LogP contribution is -2.21. The van der Waals surface area contributed by atoms with Crippen LogP contribution >= 0.6 is 0 Å². The number of hydrogen-bond donors (Lipinski definition) is 0. The largest absolute Gasteiger partial charge is 0.493 e. The Labute approximate surface area is 132 Å². The molecule has 2 aliphatic heterocycles. The first-order valence-corrected chi connectivity index (χ1v) is 7.20. The monoisotopic (exact) mass is 320 g/mol. The Hall–Kier alpha value is -2.70. The maximum absolute atomic E-state index is 11.8. The van der Waals surface area contributed by atoms with Crippen molar-refractivity contribution in [1.82, 2.24) is 0 Å². The maximum Gasteiger partial charge on any atom is 0.347 e. The fraction of sp³-hybridized carbons (Fsp3) is 0.375. The second-order valence-corrected chi connectivity index (χ2v) is 4.96. The first-order chi connectivity index (χ1) is 11.2. The van der Waals surface area contributed by atoms with Crippen LogP contribution in [-0.2, 0) is 19.1 Å². The van der Waals surface area contributed by atoms with E-state index in [9.17, 15) is 9.59 Å². The van der Waals surface area contributed by atoms with E-state index in [4.69, 9.17) is 23.7 Å². The lowest BCUT2D eigenvalue weighted by atomic mass is 10.1. The summed E-state index contributed by atoms with van der Waals surface area (Å²) in [6.45, 7) is 1.19. The van der Waals surface area contributed by atoms with Gasteiger partial charge in [-0.1, -0.05) is 0 Å². The molecule has 1 saturated heterocycles. The molecule has 0 unspecified atom stereocenters. The molecule has 1 aromatic rings. The van der Waals surface area contributed by atoms with Gasteiger partial charge in [-0.3, -0.25) is 0 Å². The molecule has 2 aliphatic rings. The van der Waals surface area contributed by atoms with Crippen LogP contribution in [0.15, 0.2) is 18.2 Å². The zero-order valence-corrected chi connectivity index (χ0v) is 12.6. The Balaban J connectivity index is 1.71. The molecular weight excluding hydrogens is 304 g/mol. The molecule has 2 heterocycles. The van der Waals surface area contributed by atoms with Gasteiger partial charge in [0.05, 0.1) is 13.7 Å². The summed E-state index contributed by atoms with van der Waals surface area (Å²) in [6.07, 6.45) is 2.37. The van der Waals surface area contributed by atoms with Gasteiger partial charge in [-0.25, -0.2) is 9.59 Å². The van der Waals surface area contributed by atoms with Crippen LogP contribution in [0.25, 0.3) is 6.08 Å². The summed E-state index contributed by atoms with van der Waals surface area (Å²) in [5, 5.41) is 0. The second kappa shape index (κ2) is 6.60. The number of methoxy groups -OCH3 is 1. The van der Waals surface area contributed by atoms with Gasteiger partial charge in [0.15, 0.2) is 11.5 Å². The van der Waals surface area contributed by atoms with Gasteiger partial charge in [-0.2, -0.15) is 0 Å². The lowest BCUT2D eigenvalue weighted by molar-refractivity contribution is -0.156. The van der Waals surface area contributed by atoms with Crippen LogP contribution in [-0.4, -0.2) is 45.0 Å². The Morgan fingerprint density at radius 1 is 1.22 bits per heavy atom. The number of carbonyl (C=O) groups excluding carboxylic acids is 2. The minimum atomic E-state index is -0.818. The minimum Gasteiger partial charge on any atom is -0.493 e. The summed E-state index contributed by atoms with van der Waals surface area (Å²) in [4.78, 5) is 23.0. The van der Waals surface area contributed by atoms with Crippen molar-refractivity contribution in [3.8, 4) is 17.2 Å². The normalized spacial score (nSPS) is 19.5. The van der Waals surface area contributed by atoms with Gasteiger partial charge < -0.3 is 23.7 Å². The van der Waals surface area contributed by atoms with E-state index in [2.05, 4.69) is 0 Å². The third-order valence-corrected chi connectivity index (χ3v) is 3.41. The van der Waals surface area contributed by atoms with E-state index in [1.165, 1.54) is 13.2 Å². The summed E-state index contributed by atoms with van der Waals surface area (Å²) < 4.78 is 26.1. The molecule has 0 aliphatic carbocycles. The molecule has 0 amide bonds. The van der Waals surface area contributed by atoms with Crippen molar-refractivity contribution in [2.24, 2.45) is 0 Å². The van der Waals surface area contributed by atoms with E-state index in [1.54, 1.807) is 18.2 Å². The molecule has 7 nitrogen and oxygen atoms in total. The highest BCUT2D eigenvalue weighted by Crippen LogP contribution is 2.40. The molecule has 1 atom stereocenters. The van der Waals surface area contributed by atoms with Gasteiger partial charge >= 0.3 is 11.9 Å². The van der Waals surface area contributed by atoms with E-state index >= 15 is 0 Å². The van der Waals surface area contributed by atoms with E-state index < -0.39 is 18.0 Å². The molecular formula is C16H16O7. The van der Waals surface area contributed by atoms with Crippen molar-refractivity contribution in [3.05, 3.63) is 23.8 Å². The van der Waals surface area contributed by atoms with E-state index in [0.717, 1.165) is 0 Å². The van der Waals surface area contributed by atoms with Gasteiger partial charge in [0.2, 0.25) is 11.9 Å². The number of benzene rings is 1. The van der Waals surface area contributed by atoms with Crippen molar-refractivity contribution in [1.29, 1.82) is 0 Å². The molecule has 3 rings (SSSR count). The van der Waals surface area contributed by atoms with Gasteiger partial charge in [0, 0.05) is 12.5 Å². The minimum absolute atomic E-state index is 0.278. The number of esters is 2. The van der Waals surface area contributed by atoms with Crippen LogP contribution in [0.2, 0.25) is 0 Å². The van der Waals surface area contributed by atoms with Crippen molar-refractivity contribution in [2.75, 3.05) is 26.9 Å². The highest BCUT2D eigenvalue weighted by atomic mass is 16.6. The summed E-state index contributed by atoms with van der Waals surface area (Å²) >= 11 is 0. The first kappa shape index (κ1) is 15.2. The summed E-state index contributed by atoms with van der Waals surface area (Å²) in [5.74, 6) is 0.514. The third-order valence-electron chi connectivity index (χ3n) is 3.41. The highest BCUT2D eigenvalue weighted by molar-refractivity contribution is 5.90. The van der Waals surface area contributed by atoms with Gasteiger partial charge in [0.1, 0.15) is 13.2 Å². The number of fused-ring (bicyclic) bond motifs is 1. The Morgan fingerprint density at radius 3 is 2.78 bits per heavy atom. The van der Waals surface area contributed by atoms with Gasteiger partial charge in [-0.05, 0) is 23.8 Å². The Bertz CT molecular complexity index is 633. The average Bonchev–Trinajstić information content (AvgIpc) is 2.97. The van der Waals surface area contributed by atoms with Crippen LogP contribution in [0.1, 0.15) is 12.0 Å². The van der Waals surface area contributed by atoms with E-state index in [0.29, 0.717) is 42.4 Å². The molecule has 0 radical (unpaired) electrons. The van der Waals surface area contributed by atoms with Gasteiger partial charge in [0.25, 0.3) is 0 Å². The fourth-order valence-electron chi connectivity index (χ4n) is 2.32. The fourth-order valence-corrected chi connectivity index (χ4v) is 2.32. The van der Waals surface area contributed by atoms with Crippen LogP contribution in [0.5, 0.6) is 17.2 Å². The summed E-state index contributed by atoms with van der Waals surface area (Å²) in [6, 6.07) is 3.46. The predicted octanol–water partition coefficient (Wildman–Crippen LogP) is 1.34. The highest BCUT2D eigenvalue weighted by Gasteiger charge is 2.29. The summed E-state index contributed by atoms with van der Waals surface area (Å²) in [7, 11) is 1.53. The molecule has 0 aromatic heterocycles. The number of rotatable bonds is 4. The molecule has 1 fully saturated rings. The molecule has 0 N–H and O–H groups in total. The van der Waals surface area contributed by atoms with E-state index in [-0.39, 0.29) is 6.61 Å². The quantitative estimate of drug-likeness (QED) is 0.611. The smallest absolute Gasteiger partial charge is 0.347 e.